The van der Waals surface area contributed by atoms with Crippen LogP contribution in [0.25, 0.3) is 0 Å². The van der Waals surface area contributed by atoms with E-state index >= 15 is 0 Å². The summed E-state index contributed by atoms with van der Waals surface area (Å²) in [6, 6.07) is 0.907. The molecule has 0 aromatic carbocycles. The molecule has 0 aliphatic carbocycles. The molecule has 1 N–H and O–H groups in total. The fraction of sp³-hybridized carbons (Fsp3) is 0.869. The van der Waals surface area contributed by atoms with E-state index in [9.17, 15) is 51.5 Å². The SMILES string of the molecule is CC(=O)Cl.CCC(=O)C1CCN(C(=O)OC(C)(C)C)CC1.CCC(C1CCN(C(=O)C(F)(F)F)CC1)N(CC)C(C)=O.CCC(C1CCN(C(=O)OC(C)(C)C)CC1)N(CC)C(C)=O.CCNC(CC)C1CCN(C(=O)OC(C)(C)C)CC1. The number of nitrogens with zero attached hydrogens (tertiary/aromatic N) is 6. The number of rotatable bonds is 14. The third-order valence-electron chi connectivity index (χ3n) is 15.1. The molecule has 4 saturated heterocycles. The summed E-state index contributed by atoms with van der Waals surface area (Å²) in [5.41, 5.74) is -1.30. The fourth-order valence-electron chi connectivity index (χ4n) is 11.2. The van der Waals surface area contributed by atoms with Crippen molar-refractivity contribution in [3.05, 3.63) is 0 Å². The number of alkyl halides is 3. The Morgan fingerprint density at radius 2 is 0.783 bits per heavy atom. The lowest BCUT2D eigenvalue weighted by atomic mass is 9.86. The molecule has 4 aliphatic rings. The van der Waals surface area contributed by atoms with Gasteiger partial charge in [-0.05, 0) is 183 Å². The fourth-order valence-corrected chi connectivity index (χ4v) is 11.2. The van der Waals surface area contributed by atoms with Crippen LogP contribution in [-0.4, -0.2) is 190 Å². The predicted octanol–water partition coefficient (Wildman–Crippen LogP) is 12.1. The number of carbonyl (C=O) groups excluding carboxylic acids is 8. The Labute approximate surface area is 502 Å². The summed E-state index contributed by atoms with van der Waals surface area (Å²) >= 11 is 4.64. The molecule has 4 fully saturated rings. The minimum Gasteiger partial charge on any atom is -0.444 e. The van der Waals surface area contributed by atoms with Gasteiger partial charge in [0.25, 0.3) is 0 Å². The van der Waals surface area contributed by atoms with E-state index in [-0.39, 0.29) is 72.3 Å². The van der Waals surface area contributed by atoms with Gasteiger partial charge >= 0.3 is 30.4 Å². The third kappa shape index (κ3) is 31.0. The molecule has 22 heteroatoms. The lowest BCUT2D eigenvalue weighted by molar-refractivity contribution is -0.187. The van der Waals surface area contributed by atoms with Crippen molar-refractivity contribution in [3.63, 3.8) is 0 Å². The predicted molar refractivity (Wildman–Crippen MR) is 321 cm³/mol. The summed E-state index contributed by atoms with van der Waals surface area (Å²) in [6.45, 7) is 42.6. The topological polar surface area (TPSA) is 196 Å². The number of piperidine rings is 4. The molecular formula is C61H111ClF3N7O11. The van der Waals surface area contributed by atoms with E-state index in [1.54, 1.807) is 21.6 Å². The van der Waals surface area contributed by atoms with Crippen LogP contribution < -0.4 is 5.32 Å². The second kappa shape index (κ2) is 37.9. The number of ether oxygens (including phenoxy) is 3. The Kier molecular flexibility index (Phi) is 35.9. The van der Waals surface area contributed by atoms with Crippen molar-refractivity contribution in [3.8, 4) is 0 Å². The zero-order valence-electron chi connectivity index (χ0n) is 54.5. The van der Waals surface area contributed by atoms with Gasteiger partial charge in [-0.25, -0.2) is 14.4 Å². The van der Waals surface area contributed by atoms with Gasteiger partial charge in [0.1, 0.15) is 22.6 Å². The van der Waals surface area contributed by atoms with Gasteiger partial charge in [0.2, 0.25) is 17.1 Å². The molecule has 0 saturated carbocycles. The number of hydrogen-bond donors (Lipinski definition) is 1. The Balaban J connectivity index is 0.00000106. The Hall–Kier alpha value is -4.40. The van der Waals surface area contributed by atoms with E-state index in [0.29, 0.717) is 75.6 Å². The number of hydrogen-bond acceptors (Lipinski definition) is 12. The van der Waals surface area contributed by atoms with E-state index in [1.807, 2.05) is 99.8 Å². The minimum absolute atomic E-state index is 0.0156. The Morgan fingerprint density at radius 1 is 0.494 bits per heavy atom. The lowest BCUT2D eigenvalue weighted by Crippen LogP contribution is -2.50. The van der Waals surface area contributed by atoms with Crippen LogP contribution in [0.1, 0.15) is 209 Å². The first-order chi connectivity index (χ1) is 38.3. The van der Waals surface area contributed by atoms with Crippen LogP contribution in [0, 0.1) is 23.7 Å². The Morgan fingerprint density at radius 3 is 1.01 bits per heavy atom. The standard InChI is InChI=1S/C17H32N2O3.C15H30N2O2.C14H23F3N2O2.C13H23NO3.C2H3ClO/c1-7-15(19(8-2)13(3)20)14-9-11-18(12-10-14)16(21)22-17(4,5)6;1-6-13(16-7-2)12-8-10-17(11-9-12)14(18)19-15(3,4)5;1-4-12(19(5-2)10(3)20)11-6-8-18(9-7-11)13(21)14(15,16)17;1-5-11(15)10-6-8-14(9-7-10)12(16)17-13(2,3)4;1-2(3)4/h14-15H,7-12H2,1-6H3;12-13,16H,6-11H2,1-5H3;11-12H,4-9H2,1-3H3;10H,5-9H2,1-4H3;1H3. The molecule has 4 aliphatic heterocycles. The summed E-state index contributed by atoms with van der Waals surface area (Å²) in [5.74, 6) is 0.120. The summed E-state index contributed by atoms with van der Waals surface area (Å²) in [4.78, 5) is 101. The molecule has 0 bridgehead atoms. The lowest BCUT2D eigenvalue weighted by Gasteiger charge is -2.40. The molecular weight excluding hydrogens is 1100 g/mol. The average molecular weight is 1210 g/mol. The Bertz CT molecular complexity index is 1960. The highest BCUT2D eigenvalue weighted by Gasteiger charge is 2.44. The van der Waals surface area contributed by atoms with Crippen LogP contribution in [0.2, 0.25) is 0 Å². The number of amides is 6. The molecule has 4 heterocycles. The summed E-state index contributed by atoms with van der Waals surface area (Å²) in [7, 11) is 0. The monoisotopic (exact) mass is 1210 g/mol. The first kappa shape index (κ1) is 78.6. The van der Waals surface area contributed by atoms with E-state index in [1.165, 1.54) is 13.8 Å². The molecule has 83 heavy (non-hydrogen) atoms. The number of carbonyl (C=O) groups is 8. The average Bonchev–Trinajstić information content (AvgIpc) is 3.56. The molecule has 484 valence electrons. The van der Waals surface area contributed by atoms with Crippen LogP contribution in [-0.2, 0) is 38.2 Å². The maximum Gasteiger partial charge on any atom is 0.471 e. The second-order valence-electron chi connectivity index (χ2n) is 24.9. The summed E-state index contributed by atoms with van der Waals surface area (Å²) in [6.07, 6.45) is 4.59. The first-order valence-corrected chi connectivity index (χ1v) is 31.0. The molecule has 3 atom stereocenters. The van der Waals surface area contributed by atoms with E-state index in [0.717, 1.165) is 88.9 Å². The van der Waals surface area contributed by atoms with Crippen LogP contribution in [0.4, 0.5) is 27.6 Å². The molecule has 3 unspecified atom stereocenters. The largest absolute Gasteiger partial charge is 0.471 e. The van der Waals surface area contributed by atoms with E-state index in [4.69, 9.17) is 14.2 Å². The van der Waals surface area contributed by atoms with Crippen LogP contribution in [0.3, 0.4) is 0 Å². The van der Waals surface area contributed by atoms with Crippen molar-refractivity contribution in [2.75, 3.05) is 72.0 Å². The molecule has 6 amide bonds. The van der Waals surface area contributed by atoms with Crippen molar-refractivity contribution in [1.82, 2.24) is 34.7 Å². The van der Waals surface area contributed by atoms with Crippen molar-refractivity contribution in [1.29, 1.82) is 0 Å². The summed E-state index contributed by atoms with van der Waals surface area (Å²) in [5, 5.41) is 3.19. The third-order valence-corrected chi connectivity index (χ3v) is 15.1. The molecule has 18 nitrogen and oxygen atoms in total. The zero-order chi connectivity index (χ0) is 64.2. The van der Waals surface area contributed by atoms with Crippen molar-refractivity contribution >= 4 is 58.6 Å². The maximum absolute atomic E-state index is 12.4. The quantitative estimate of drug-likeness (QED) is 0.128. The number of likely N-dealkylation sites (tertiary alicyclic amines) is 4. The number of nitrogens with one attached hydrogen (secondary N) is 1. The van der Waals surface area contributed by atoms with Gasteiger partial charge in [-0.15, -0.1) is 0 Å². The van der Waals surface area contributed by atoms with Crippen molar-refractivity contribution in [2.24, 2.45) is 23.7 Å². The van der Waals surface area contributed by atoms with E-state index < -0.39 is 28.9 Å². The van der Waals surface area contributed by atoms with E-state index in [2.05, 4.69) is 37.7 Å². The second-order valence-corrected chi connectivity index (χ2v) is 25.4. The smallest absolute Gasteiger partial charge is 0.444 e. The van der Waals surface area contributed by atoms with Crippen molar-refractivity contribution in [2.45, 2.75) is 250 Å². The first-order valence-electron chi connectivity index (χ1n) is 30.6. The molecule has 0 radical (unpaired) electrons. The van der Waals surface area contributed by atoms with Crippen LogP contribution in [0.5, 0.6) is 0 Å². The van der Waals surface area contributed by atoms with Gasteiger partial charge in [0.05, 0.1) is 0 Å². The van der Waals surface area contributed by atoms with Gasteiger partial charge in [-0.1, -0.05) is 34.6 Å². The number of Topliss-reactive ketones (excluding diaryl/α,β-unsaturated/α-hetero) is 1. The number of ketones is 1. The normalized spacial score (nSPS) is 17.9. The van der Waals surface area contributed by atoms with Gasteiger partial charge in [-0.2, -0.15) is 13.2 Å². The van der Waals surface area contributed by atoms with Gasteiger partial charge in [-0.3, -0.25) is 24.0 Å². The summed E-state index contributed by atoms with van der Waals surface area (Å²) < 4.78 is 53.3. The highest BCUT2D eigenvalue weighted by molar-refractivity contribution is 6.62. The molecule has 0 spiro atoms. The highest BCUT2D eigenvalue weighted by Crippen LogP contribution is 2.31. The maximum atomic E-state index is 12.4. The molecule has 4 rings (SSSR count). The van der Waals surface area contributed by atoms with Crippen molar-refractivity contribution < 1.29 is 65.7 Å². The van der Waals surface area contributed by atoms with Gasteiger partial charge in [0, 0.05) is 117 Å². The zero-order valence-corrected chi connectivity index (χ0v) is 55.2. The van der Waals surface area contributed by atoms with Gasteiger partial charge < -0.3 is 48.9 Å². The van der Waals surface area contributed by atoms with Crippen LogP contribution >= 0.6 is 11.6 Å². The van der Waals surface area contributed by atoms with Crippen LogP contribution in [0.15, 0.2) is 0 Å². The molecule has 0 aromatic rings. The number of halogens is 4. The van der Waals surface area contributed by atoms with Gasteiger partial charge in [0.15, 0.2) is 0 Å². The highest BCUT2D eigenvalue weighted by atomic mass is 35.5. The molecule has 0 aromatic heterocycles. The minimum atomic E-state index is -4.80.